The number of aromatic nitrogens is 2. The Hall–Kier alpha value is -4.12. The third kappa shape index (κ3) is 5.52. The topological polar surface area (TPSA) is 125 Å². The molecule has 3 aromatic rings. The number of benzene rings is 1. The van der Waals surface area contributed by atoms with Gasteiger partial charge in [0.2, 0.25) is 0 Å². The first-order chi connectivity index (χ1) is 17.0. The van der Waals surface area contributed by atoms with E-state index in [1.165, 1.54) is 19.4 Å². The number of hydrogen-bond acceptors (Lipinski definition) is 8. The minimum Gasteiger partial charge on any atom is -0.486 e. The summed E-state index contributed by atoms with van der Waals surface area (Å²) in [4.78, 5) is 39.1. The minimum absolute atomic E-state index is 0.0682. The lowest BCUT2D eigenvalue weighted by Crippen LogP contribution is -2.41. The maximum absolute atomic E-state index is 13.1. The second kappa shape index (κ2) is 10.9. The summed E-state index contributed by atoms with van der Waals surface area (Å²) in [6.45, 7) is 4.34. The Balaban J connectivity index is 1.40. The molecule has 1 aliphatic heterocycles. The van der Waals surface area contributed by atoms with E-state index in [4.69, 9.17) is 13.9 Å². The number of rotatable bonds is 8. The number of nitrogens with one attached hydrogen (secondary N) is 1. The zero-order chi connectivity index (χ0) is 24.8. The molecule has 1 aliphatic rings. The number of morpholine rings is 1. The number of amides is 2. The number of carbonyl (C=O) groups excluding carboxylic acids is 3. The van der Waals surface area contributed by atoms with Gasteiger partial charge in [-0.2, -0.15) is 5.10 Å². The number of carbonyl (C=O) groups is 3. The molecule has 1 aromatic carbocycles. The van der Waals surface area contributed by atoms with Gasteiger partial charge in [-0.1, -0.05) is 0 Å². The normalized spacial score (nSPS) is 13.4. The quantitative estimate of drug-likeness (QED) is 0.486. The minimum atomic E-state index is -0.509. The first kappa shape index (κ1) is 24.0. The van der Waals surface area contributed by atoms with Gasteiger partial charge in [0.15, 0.2) is 5.76 Å². The Morgan fingerprint density at radius 2 is 1.83 bits per heavy atom. The van der Waals surface area contributed by atoms with Crippen molar-refractivity contribution in [1.82, 2.24) is 14.7 Å². The van der Waals surface area contributed by atoms with Crippen molar-refractivity contribution in [3.63, 3.8) is 0 Å². The molecule has 1 saturated heterocycles. The van der Waals surface area contributed by atoms with Crippen LogP contribution in [0.5, 0.6) is 5.75 Å². The van der Waals surface area contributed by atoms with Crippen molar-refractivity contribution in [2.45, 2.75) is 20.1 Å². The van der Waals surface area contributed by atoms with E-state index in [0.29, 0.717) is 61.3 Å². The van der Waals surface area contributed by atoms with Crippen LogP contribution in [0.3, 0.4) is 0 Å². The highest BCUT2D eigenvalue weighted by Crippen LogP contribution is 2.21. The van der Waals surface area contributed by atoms with E-state index in [-0.39, 0.29) is 18.3 Å². The first-order valence-corrected chi connectivity index (χ1v) is 11.1. The molecule has 0 spiro atoms. The maximum atomic E-state index is 13.1. The van der Waals surface area contributed by atoms with Crippen LogP contribution in [-0.4, -0.2) is 65.9 Å². The lowest BCUT2D eigenvalue weighted by molar-refractivity contribution is 0.0295. The zero-order valence-electron chi connectivity index (χ0n) is 19.5. The van der Waals surface area contributed by atoms with Crippen molar-refractivity contribution in [1.29, 1.82) is 0 Å². The van der Waals surface area contributed by atoms with Crippen LogP contribution in [0.2, 0.25) is 0 Å². The number of ether oxygens (including phenoxy) is 3. The first-order valence-electron chi connectivity index (χ1n) is 11.1. The highest BCUT2D eigenvalue weighted by Gasteiger charge is 2.26. The Bertz CT molecular complexity index is 1190. The molecular formula is C24H26N4O7. The Labute approximate surface area is 201 Å². The van der Waals surface area contributed by atoms with Gasteiger partial charge in [-0.3, -0.25) is 14.3 Å². The lowest BCUT2D eigenvalue weighted by atomic mass is 10.2. The number of aryl methyl sites for hydroxylation is 1. The Morgan fingerprint density at radius 1 is 1.09 bits per heavy atom. The van der Waals surface area contributed by atoms with E-state index in [2.05, 4.69) is 15.2 Å². The molecule has 1 fully saturated rings. The second-order valence-electron chi connectivity index (χ2n) is 7.65. The van der Waals surface area contributed by atoms with Crippen LogP contribution in [0.15, 0.2) is 47.0 Å². The van der Waals surface area contributed by atoms with Crippen molar-refractivity contribution in [2.75, 3.05) is 38.7 Å². The van der Waals surface area contributed by atoms with E-state index in [0.717, 1.165) is 0 Å². The standard InChI is InChI=1S/C24H26N4O7/c1-3-28-21(23(30)27-10-12-33-13-11-27)19(14-25-28)26-22(29)20-9-8-18(35-20)15-34-17-6-4-16(5-7-17)24(31)32-2/h4-9,14H,3,10-13,15H2,1-2H3,(H,26,29). The van der Waals surface area contributed by atoms with E-state index < -0.39 is 11.9 Å². The summed E-state index contributed by atoms with van der Waals surface area (Å²) in [7, 11) is 1.32. The fourth-order valence-electron chi connectivity index (χ4n) is 3.58. The summed E-state index contributed by atoms with van der Waals surface area (Å²) < 4.78 is 22.8. The van der Waals surface area contributed by atoms with Crippen LogP contribution in [0, 0.1) is 0 Å². The molecule has 2 aromatic heterocycles. The molecule has 11 nitrogen and oxygen atoms in total. The van der Waals surface area contributed by atoms with Crippen LogP contribution in [-0.2, 0) is 22.6 Å². The smallest absolute Gasteiger partial charge is 0.337 e. The van der Waals surface area contributed by atoms with E-state index >= 15 is 0 Å². The number of hydrogen-bond donors (Lipinski definition) is 1. The molecule has 1 N–H and O–H groups in total. The summed E-state index contributed by atoms with van der Waals surface area (Å²) in [5.74, 6) is -0.129. The van der Waals surface area contributed by atoms with Crippen molar-refractivity contribution in [3.05, 3.63) is 65.4 Å². The largest absolute Gasteiger partial charge is 0.486 e. The van der Waals surface area contributed by atoms with Crippen molar-refractivity contribution in [3.8, 4) is 5.75 Å². The van der Waals surface area contributed by atoms with E-state index in [1.54, 1.807) is 39.9 Å². The third-order valence-corrected chi connectivity index (χ3v) is 5.43. The molecule has 11 heteroatoms. The molecule has 0 atom stereocenters. The number of furan rings is 1. The van der Waals surface area contributed by atoms with Gasteiger partial charge in [0.25, 0.3) is 11.8 Å². The summed E-state index contributed by atoms with van der Waals surface area (Å²) in [6.07, 6.45) is 1.46. The predicted molar refractivity (Wildman–Crippen MR) is 123 cm³/mol. The molecular weight excluding hydrogens is 456 g/mol. The van der Waals surface area contributed by atoms with Gasteiger partial charge >= 0.3 is 5.97 Å². The molecule has 0 bridgehead atoms. The predicted octanol–water partition coefficient (Wildman–Crippen LogP) is 2.59. The fourth-order valence-corrected chi connectivity index (χ4v) is 3.58. The molecule has 0 unspecified atom stereocenters. The maximum Gasteiger partial charge on any atom is 0.337 e. The lowest BCUT2D eigenvalue weighted by Gasteiger charge is -2.27. The summed E-state index contributed by atoms with van der Waals surface area (Å²) in [5, 5.41) is 6.96. The van der Waals surface area contributed by atoms with Gasteiger partial charge < -0.3 is 28.8 Å². The van der Waals surface area contributed by atoms with Gasteiger partial charge in [-0.05, 0) is 43.3 Å². The van der Waals surface area contributed by atoms with E-state index in [1.807, 2.05) is 6.92 Å². The number of nitrogens with zero attached hydrogens (tertiary/aromatic N) is 3. The summed E-state index contributed by atoms with van der Waals surface area (Å²) in [5.41, 5.74) is 1.04. The van der Waals surface area contributed by atoms with Crippen LogP contribution >= 0.6 is 0 Å². The van der Waals surface area contributed by atoms with Gasteiger partial charge in [0, 0.05) is 19.6 Å². The van der Waals surface area contributed by atoms with Crippen molar-refractivity contribution < 1.29 is 33.0 Å². The van der Waals surface area contributed by atoms with Crippen LogP contribution in [0.25, 0.3) is 0 Å². The van der Waals surface area contributed by atoms with Crippen LogP contribution in [0.1, 0.15) is 44.1 Å². The number of esters is 1. The third-order valence-electron chi connectivity index (χ3n) is 5.43. The second-order valence-corrected chi connectivity index (χ2v) is 7.65. The molecule has 0 aliphatic carbocycles. The molecule has 4 rings (SSSR count). The monoisotopic (exact) mass is 482 g/mol. The molecule has 2 amide bonds. The Kier molecular flexibility index (Phi) is 7.46. The molecule has 184 valence electrons. The number of methoxy groups -OCH3 is 1. The average molecular weight is 482 g/mol. The molecule has 0 radical (unpaired) electrons. The highest BCUT2D eigenvalue weighted by atomic mass is 16.5. The summed E-state index contributed by atoms with van der Waals surface area (Å²) in [6, 6.07) is 9.63. The van der Waals surface area contributed by atoms with Crippen LogP contribution in [0.4, 0.5) is 5.69 Å². The van der Waals surface area contributed by atoms with Gasteiger partial charge in [-0.15, -0.1) is 0 Å². The SMILES string of the molecule is CCn1ncc(NC(=O)c2ccc(COc3ccc(C(=O)OC)cc3)o2)c1C(=O)N1CCOCC1. The summed E-state index contributed by atoms with van der Waals surface area (Å²) >= 11 is 0. The fraction of sp³-hybridized carbons (Fsp3) is 0.333. The van der Waals surface area contributed by atoms with Gasteiger partial charge in [-0.25, -0.2) is 4.79 Å². The highest BCUT2D eigenvalue weighted by molar-refractivity contribution is 6.07. The van der Waals surface area contributed by atoms with Crippen molar-refractivity contribution >= 4 is 23.5 Å². The molecule has 0 saturated carbocycles. The molecule has 3 heterocycles. The zero-order valence-corrected chi connectivity index (χ0v) is 19.5. The van der Waals surface area contributed by atoms with Crippen LogP contribution < -0.4 is 10.1 Å². The molecule has 35 heavy (non-hydrogen) atoms. The Morgan fingerprint density at radius 3 is 2.51 bits per heavy atom. The van der Waals surface area contributed by atoms with E-state index in [9.17, 15) is 14.4 Å². The van der Waals surface area contributed by atoms with Crippen molar-refractivity contribution in [2.24, 2.45) is 0 Å². The average Bonchev–Trinajstić information content (AvgIpc) is 3.54. The van der Waals surface area contributed by atoms with Gasteiger partial charge in [0.1, 0.15) is 23.8 Å². The number of anilines is 1. The van der Waals surface area contributed by atoms with Gasteiger partial charge in [0.05, 0.1) is 37.8 Å².